The topological polar surface area (TPSA) is 98.7 Å². The molecule has 1 atom stereocenters. The number of nitrogens with one attached hydrogen (secondary N) is 2. The molecule has 0 saturated carbocycles. The normalized spacial score (nSPS) is 17.7. The van der Waals surface area contributed by atoms with Crippen LogP contribution in [0.25, 0.3) is 0 Å². The summed E-state index contributed by atoms with van der Waals surface area (Å²) in [6.07, 6.45) is 1.52. The van der Waals surface area contributed by atoms with Crippen LogP contribution in [-0.4, -0.2) is 47.0 Å². The molecule has 124 valence electrons. The highest BCUT2D eigenvalue weighted by Gasteiger charge is 2.30. The molecule has 0 unspecified atom stereocenters. The Kier molecular flexibility index (Phi) is 6.10. The molecule has 2 rings (SSSR count). The third kappa shape index (κ3) is 5.37. The van der Waals surface area contributed by atoms with Crippen LogP contribution in [0.5, 0.6) is 0 Å². The lowest BCUT2D eigenvalue weighted by atomic mass is 10.2. The Bertz CT molecular complexity index is 562. The molecule has 0 bridgehead atoms. The second-order valence-corrected chi connectivity index (χ2v) is 5.50. The number of carboxylic acid groups (broad SMARTS) is 1. The highest BCUT2D eigenvalue weighted by molar-refractivity contribution is 5.94. The van der Waals surface area contributed by atoms with E-state index >= 15 is 0 Å². The standard InChI is InChI=1S/C16H21N3O4/c20-14(8-10-19-9-4-7-13(19)15(21)22)18-16(23)17-11-12-5-2-1-3-6-12/h1-3,5-6,13H,4,7-11H2,(H,21,22)(H2,17,18,20,23)/t13-/m1/s1. The number of nitrogens with zero attached hydrogens (tertiary/aromatic N) is 1. The number of urea groups is 1. The van der Waals surface area contributed by atoms with Gasteiger partial charge in [0.25, 0.3) is 0 Å². The first kappa shape index (κ1) is 17.0. The fourth-order valence-corrected chi connectivity index (χ4v) is 2.63. The molecule has 0 spiro atoms. The van der Waals surface area contributed by atoms with E-state index in [2.05, 4.69) is 10.6 Å². The van der Waals surface area contributed by atoms with Crippen LogP contribution in [-0.2, 0) is 16.1 Å². The van der Waals surface area contributed by atoms with Gasteiger partial charge in [0, 0.05) is 19.5 Å². The maximum atomic E-state index is 11.8. The van der Waals surface area contributed by atoms with Crippen molar-refractivity contribution in [2.24, 2.45) is 0 Å². The number of benzene rings is 1. The van der Waals surface area contributed by atoms with Crippen LogP contribution in [0.15, 0.2) is 30.3 Å². The average molecular weight is 319 g/mol. The van der Waals surface area contributed by atoms with Crippen molar-refractivity contribution in [3.63, 3.8) is 0 Å². The van der Waals surface area contributed by atoms with Gasteiger partial charge in [0.05, 0.1) is 0 Å². The summed E-state index contributed by atoms with van der Waals surface area (Å²) in [7, 11) is 0. The molecule has 1 heterocycles. The third-order valence-corrected chi connectivity index (χ3v) is 3.82. The lowest BCUT2D eigenvalue weighted by molar-refractivity contribution is -0.142. The Labute approximate surface area is 134 Å². The van der Waals surface area contributed by atoms with Crippen LogP contribution < -0.4 is 10.6 Å². The van der Waals surface area contributed by atoms with Crippen molar-refractivity contribution in [3.8, 4) is 0 Å². The molecule has 1 aliphatic rings. The molecule has 1 aromatic carbocycles. The highest BCUT2D eigenvalue weighted by atomic mass is 16.4. The lowest BCUT2D eigenvalue weighted by Crippen LogP contribution is -2.42. The molecular formula is C16H21N3O4. The minimum absolute atomic E-state index is 0.0997. The van der Waals surface area contributed by atoms with E-state index in [-0.39, 0.29) is 6.42 Å². The van der Waals surface area contributed by atoms with Gasteiger partial charge in [0.15, 0.2) is 0 Å². The minimum atomic E-state index is -0.858. The van der Waals surface area contributed by atoms with Crippen LogP contribution in [0.4, 0.5) is 4.79 Å². The van der Waals surface area contributed by atoms with E-state index < -0.39 is 23.9 Å². The minimum Gasteiger partial charge on any atom is -0.480 e. The molecule has 0 aliphatic carbocycles. The summed E-state index contributed by atoms with van der Waals surface area (Å²) in [6, 6.07) is 8.31. The molecule has 1 aromatic rings. The molecule has 1 aliphatic heterocycles. The number of carboxylic acids is 1. The van der Waals surface area contributed by atoms with Gasteiger partial charge in [0.1, 0.15) is 6.04 Å². The van der Waals surface area contributed by atoms with Crippen molar-refractivity contribution >= 4 is 17.9 Å². The summed E-state index contributed by atoms with van der Waals surface area (Å²) < 4.78 is 0. The maximum Gasteiger partial charge on any atom is 0.321 e. The molecule has 3 amide bonds. The van der Waals surface area contributed by atoms with Crippen LogP contribution in [0.2, 0.25) is 0 Å². The molecule has 7 heteroatoms. The first-order chi connectivity index (χ1) is 11.1. The number of carbonyl (C=O) groups is 3. The largest absolute Gasteiger partial charge is 0.480 e. The van der Waals surface area contributed by atoms with E-state index in [0.717, 1.165) is 12.0 Å². The van der Waals surface area contributed by atoms with Crippen LogP contribution in [0, 0.1) is 0 Å². The van der Waals surface area contributed by atoms with Gasteiger partial charge in [-0.05, 0) is 24.9 Å². The van der Waals surface area contributed by atoms with E-state index in [1.807, 2.05) is 30.3 Å². The molecule has 23 heavy (non-hydrogen) atoms. The number of imide groups is 1. The molecule has 0 radical (unpaired) electrons. The number of hydrogen-bond donors (Lipinski definition) is 3. The Morgan fingerprint density at radius 3 is 2.65 bits per heavy atom. The summed E-state index contributed by atoms with van der Waals surface area (Å²) in [5.74, 6) is -1.27. The first-order valence-corrected chi connectivity index (χ1v) is 7.64. The highest BCUT2D eigenvalue weighted by Crippen LogP contribution is 2.17. The summed E-state index contributed by atoms with van der Waals surface area (Å²) in [4.78, 5) is 36.2. The van der Waals surface area contributed by atoms with Gasteiger partial charge >= 0.3 is 12.0 Å². The summed E-state index contributed by atoms with van der Waals surface area (Å²) >= 11 is 0. The van der Waals surface area contributed by atoms with Gasteiger partial charge in [-0.3, -0.25) is 19.8 Å². The average Bonchev–Trinajstić information content (AvgIpc) is 3.01. The summed E-state index contributed by atoms with van der Waals surface area (Å²) in [5.41, 5.74) is 0.941. The SMILES string of the molecule is O=C(CCN1CCC[C@@H]1C(=O)O)NC(=O)NCc1ccccc1. The van der Waals surface area contributed by atoms with Gasteiger partial charge < -0.3 is 10.4 Å². The van der Waals surface area contributed by atoms with Crippen LogP contribution in [0.3, 0.4) is 0 Å². The van der Waals surface area contributed by atoms with Gasteiger partial charge in [0.2, 0.25) is 5.91 Å². The number of likely N-dealkylation sites (tertiary alicyclic amines) is 1. The zero-order valence-corrected chi connectivity index (χ0v) is 12.8. The molecular weight excluding hydrogens is 298 g/mol. The van der Waals surface area contributed by atoms with Crippen molar-refractivity contribution in [3.05, 3.63) is 35.9 Å². The Balaban J connectivity index is 1.68. The van der Waals surface area contributed by atoms with E-state index in [0.29, 0.717) is 26.1 Å². The smallest absolute Gasteiger partial charge is 0.321 e. The second kappa shape index (κ2) is 8.28. The van der Waals surface area contributed by atoms with Crippen LogP contribution in [0.1, 0.15) is 24.8 Å². The predicted octanol–water partition coefficient (Wildman–Crippen LogP) is 0.952. The molecule has 0 aromatic heterocycles. The van der Waals surface area contributed by atoms with Crippen LogP contribution >= 0.6 is 0 Å². The number of hydrogen-bond acceptors (Lipinski definition) is 4. The number of aliphatic carboxylic acids is 1. The zero-order chi connectivity index (χ0) is 16.7. The zero-order valence-electron chi connectivity index (χ0n) is 12.8. The van der Waals surface area contributed by atoms with E-state index in [1.165, 1.54) is 0 Å². The number of rotatable bonds is 6. The summed E-state index contributed by atoms with van der Waals surface area (Å²) in [6.45, 7) is 1.35. The first-order valence-electron chi connectivity index (χ1n) is 7.64. The van der Waals surface area contributed by atoms with E-state index in [4.69, 9.17) is 5.11 Å². The summed E-state index contributed by atoms with van der Waals surface area (Å²) in [5, 5.41) is 13.9. The molecule has 7 nitrogen and oxygen atoms in total. The molecule has 3 N–H and O–H groups in total. The lowest BCUT2D eigenvalue weighted by Gasteiger charge is -2.20. The number of carbonyl (C=O) groups excluding carboxylic acids is 2. The third-order valence-electron chi connectivity index (χ3n) is 3.82. The van der Waals surface area contributed by atoms with Gasteiger partial charge in [-0.15, -0.1) is 0 Å². The van der Waals surface area contributed by atoms with Gasteiger partial charge in [-0.1, -0.05) is 30.3 Å². The van der Waals surface area contributed by atoms with Crippen molar-refractivity contribution < 1.29 is 19.5 Å². The quantitative estimate of drug-likeness (QED) is 0.725. The van der Waals surface area contributed by atoms with Crippen molar-refractivity contribution in [1.82, 2.24) is 15.5 Å². The van der Waals surface area contributed by atoms with Gasteiger partial charge in [-0.25, -0.2) is 4.79 Å². The number of amides is 3. The van der Waals surface area contributed by atoms with Crippen molar-refractivity contribution in [2.45, 2.75) is 31.8 Å². The van der Waals surface area contributed by atoms with Crippen molar-refractivity contribution in [2.75, 3.05) is 13.1 Å². The Morgan fingerprint density at radius 2 is 1.96 bits per heavy atom. The fraction of sp³-hybridized carbons (Fsp3) is 0.438. The molecule has 1 saturated heterocycles. The molecule has 1 fully saturated rings. The van der Waals surface area contributed by atoms with E-state index in [9.17, 15) is 14.4 Å². The second-order valence-electron chi connectivity index (χ2n) is 5.50. The predicted molar refractivity (Wildman–Crippen MR) is 83.7 cm³/mol. The monoisotopic (exact) mass is 319 g/mol. The fourth-order valence-electron chi connectivity index (χ4n) is 2.63. The Hall–Kier alpha value is -2.41. The maximum absolute atomic E-state index is 11.8. The van der Waals surface area contributed by atoms with E-state index in [1.54, 1.807) is 4.90 Å². The Morgan fingerprint density at radius 1 is 1.22 bits per heavy atom. The van der Waals surface area contributed by atoms with Gasteiger partial charge in [-0.2, -0.15) is 0 Å². The van der Waals surface area contributed by atoms with Crippen molar-refractivity contribution in [1.29, 1.82) is 0 Å².